The van der Waals surface area contributed by atoms with Crippen molar-refractivity contribution in [3.05, 3.63) is 24.3 Å². The molecule has 13 heteroatoms. The number of aliphatic hydroxyl groups is 4. The Bertz CT molecular complexity index is 1070. The standard InChI is InChI=1S/C41H77NO11S/c1-3-5-7-9-11-13-14-15-16-17-18-19-20-21-23-25-27-29-31-37(45)42-34(35(44)30-28-26-24-22-12-10-8-6-4-2)33-51-41-39(47)40(53-54(48,49)50)38(46)36(32-43)52-41/h18-19,28,30,34-36,38-41,43-44,46-47H,3-17,20-27,29,31-33H2,1-2H3,(H,42,45)(H,48,49,50)/b19-18-,30-28+. The summed E-state index contributed by atoms with van der Waals surface area (Å²) in [5, 5.41) is 44.4. The van der Waals surface area contributed by atoms with Crippen LogP contribution in [0.5, 0.6) is 0 Å². The van der Waals surface area contributed by atoms with E-state index in [-0.39, 0.29) is 18.9 Å². The Balaban J connectivity index is 2.52. The van der Waals surface area contributed by atoms with Crippen LogP contribution >= 0.6 is 0 Å². The fourth-order valence-corrected chi connectivity index (χ4v) is 7.13. The van der Waals surface area contributed by atoms with Crippen molar-refractivity contribution < 1.29 is 51.8 Å². The van der Waals surface area contributed by atoms with Gasteiger partial charge in [-0.1, -0.05) is 147 Å². The fraction of sp³-hybridized carbons (Fsp3) is 0.878. The molecule has 0 aromatic rings. The Labute approximate surface area is 327 Å². The van der Waals surface area contributed by atoms with Gasteiger partial charge in [0.2, 0.25) is 5.91 Å². The Morgan fingerprint density at radius 2 is 1.19 bits per heavy atom. The third-order valence-corrected chi connectivity index (χ3v) is 10.4. The number of allylic oxidation sites excluding steroid dienone is 3. The van der Waals surface area contributed by atoms with Crippen molar-refractivity contribution in [1.29, 1.82) is 0 Å². The van der Waals surface area contributed by atoms with Gasteiger partial charge in [-0.25, -0.2) is 4.18 Å². The number of unbranched alkanes of at least 4 members (excludes halogenated alkanes) is 21. The van der Waals surface area contributed by atoms with E-state index in [9.17, 15) is 33.6 Å². The molecule has 0 aromatic heterocycles. The van der Waals surface area contributed by atoms with E-state index < -0.39 is 59.9 Å². The summed E-state index contributed by atoms with van der Waals surface area (Å²) in [6, 6.07) is -0.943. The minimum atomic E-state index is -5.08. The molecule has 1 aliphatic rings. The Hall–Kier alpha value is -1.42. The third-order valence-electron chi connectivity index (χ3n) is 9.98. The molecule has 54 heavy (non-hydrogen) atoms. The van der Waals surface area contributed by atoms with Crippen LogP contribution in [0.2, 0.25) is 0 Å². The number of aliphatic hydroxyl groups excluding tert-OH is 4. The first-order valence-corrected chi connectivity index (χ1v) is 22.6. The lowest BCUT2D eigenvalue weighted by molar-refractivity contribution is -0.298. The predicted molar refractivity (Wildman–Crippen MR) is 213 cm³/mol. The lowest BCUT2D eigenvalue weighted by Crippen LogP contribution is -2.61. The molecule has 0 bridgehead atoms. The molecule has 0 spiro atoms. The molecule has 0 saturated carbocycles. The maximum absolute atomic E-state index is 12.9. The number of carbonyl (C=O) groups excluding carboxylic acids is 1. The number of hydrogen-bond donors (Lipinski definition) is 6. The molecule has 0 aromatic carbocycles. The molecule has 0 aliphatic carbocycles. The number of ether oxygens (including phenoxy) is 2. The molecule has 1 heterocycles. The van der Waals surface area contributed by atoms with Crippen molar-refractivity contribution in [2.45, 2.75) is 217 Å². The highest BCUT2D eigenvalue weighted by molar-refractivity contribution is 7.80. The van der Waals surface area contributed by atoms with Gasteiger partial charge >= 0.3 is 10.4 Å². The number of nitrogens with one attached hydrogen (secondary N) is 1. The summed E-state index contributed by atoms with van der Waals surface area (Å²) in [5.74, 6) is -0.274. The lowest BCUT2D eigenvalue weighted by atomic mass is 9.99. The molecule has 1 rings (SSSR count). The SMILES string of the molecule is CCCCCCCCC/C=C/C(O)C(COC1OC(CO)C(O)C(OS(=O)(=O)O)C1O)NC(=O)CCCCCCC/C=C\CCCCCCCCCCC. The molecule has 1 fully saturated rings. The van der Waals surface area contributed by atoms with E-state index in [0.29, 0.717) is 6.42 Å². The fourth-order valence-electron chi connectivity index (χ4n) is 6.62. The van der Waals surface area contributed by atoms with E-state index >= 15 is 0 Å². The van der Waals surface area contributed by atoms with Crippen LogP contribution in [0.15, 0.2) is 24.3 Å². The molecular weight excluding hydrogens is 715 g/mol. The van der Waals surface area contributed by atoms with Crippen LogP contribution in [0, 0.1) is 0 Å². The van der Waals surface area contributed by atoms with Gasteiger partial charge in [0.05, 0.1) is 25.4 Å². The molecule has 6 N–H and O–H groups in total. The second kappa shape index (κ2) is 32.6. The molecule has 7 atom stereocenters. The van der Waals surface area contributed by atoms with E-state index in [1.54, 1.807) is 6.08 Å². The zero-order valence-electron chi connectivity index (χ0n) is 33.5. The van der Waals surface area contributed by atoms with Gasteiger partial charge in [0.15, 0.2) is 6.29 Å². The van der Waals surface area contributed by atoms with Gasteiger partial charge < -0.3 is 35.2 Å². The smallest absolute Gasteiger partial charge is 0.394 e. The quantitative estimate of drug-likeness (QED) is 0.0213. The summed E-state index contributed by atoms with van der Waals surface area (Å²) < 4.78 is 47.4. The van der Waals surface area contributed by atoms with Crippen LogP contribution in [0.25, 0.3) is 0 Å². The van der Waals surface area contributed by atoms with E-state index in [4.69, 9.17) is 14.0 Å². The topological polar surface area (TPSA) is 192 Å². The minimum Gasteiger partial charge on any atom is -0.394 e. The Morgan fingerprint density at radius 1 is 0.722 bits per heavy atom. The van der Waals surface area contributed by atoms with Gasteiger partial charge in [-0.05, 0) is 44.9 Å². The molecule has 1 amide bonds. The molecular formula is C41H77NO11S. The maximum Gasteiger partial charge on any atom is 0.397 e. The molecule has 0 radical (unpaired) electrons. The van der Waals surface area contributed by atoms with Crippen molar-refractivity contribution in [2.75, 3.05) is 13.2 Å². The summed E-state index contributed by atoms with van der Waals surface area (Å²) in [4.78, 5) is 12.9. The van der Waals surface area contributed by atoms with E-state index in [0.717, 1.165) is 64.2 Å². The van der Waals surface area contributed by atoms with Gasteiger partial charge in [0, 0.05) is 6.42 Å². The first-order chi connectivity index (χ1) is 26.0. The van der Waals surface area contributed by atoms with Gasteiger partial charge in [-0.2, -0.15) is 8.42 Å². The van der Waals surface area contributed by atoms with E-state index in [1.165, 1.54) is 83.5 Å². The summed E-state index contributed by atoms with van der Waals surface area (Å²) >= 11 is 0. The van der Waals surface area contributed by atoms with Gasteiger partial charge in [-0.15, -0.1) is 0 Å². The monoisotopic (exact) mass is 792 g/mol. The number of carbonyl (C=O) groups is 1. The molecule has 12 nitrogen and oxygen atoms in total. The van der Waals surface area contributed by atoms with Crippen LogP contribution in [-0.4, -0.2) is 95.4 Å². The van der Waals surface area contributed by atoms with Crippen molar-refractivity contribution in [3.8, 4) is 0 Å². The van der Waals surface area contributed by atoms with Gasteiger partial charge in [0.1, 0.15) is 24.4 Å². The highest BCUT2D eigenvalue weighted by Gasteiger charge is 2.48. The number of hydrogen-bond acceptors (Lipinski definition) is 10. The summed E-state index contributed by atoms with van der Waals surface area (Å²) in [6.45, 7) is 3.33. The molecule has 318 valence electrons. The van der Waals surface area contributed by atoms with E-state index in [1.807, 2.05) is 6.08 Å². The Kier molecular flexibility index (Phi) is 30.6. The number of rotatable bonds is 35. The zero-order valence-corrected chi connectivity index (χ0v) is 34.4. The maximum atomic E-state index is 12.9. The number of amides is 1. The predicted octanol–water partition coefficient (Wildman–Crippen LogP) is 7.38. The van der Waals surface area contributed by atoms with Crippen LogP contribution in [0.1, 0.15) is 174 Å². The highest BCUT2D eigenvalue weighted by atomic mass is 32.3. The van der Waals surface area contributed by atoms with Crippen LogP contribution < -0.4 is 5.32 Å². The van der Waals surface area contributed by atoms with Crippen molar-refractivity contribution >= 4 is 16.3 Å². The van der Waals surface area contributed by atoms with Gasteiger partial charge in [-0.3, -0.25) is 9.35 Å². The second-order valence-corrected chi connectivity index (χ2v) is 16.0. The molecule has 1 aliphatic heterocycles. The largest absolute Gasteiger partial charge is 0.397 e. The normalized spacial score (nSPS) is 21.9. The third kappa shape index (κ3) is 25.7. The van der Waals surface area contributed by atoms with Gasteiger partial charge in [0.25, 0.3) is 0 Å². The van der Waals surface area contributed by atoms with E-state index in [2.05, 4.69) is 35.5 Å². The van der Waals surface area contributed by atoms with Crippen LogP contribution in [0.3, 0.4) is 0 Å². The lowest BCUT2D eigenvalue weighted by Gasteiger charge is -2.41. The molecule has 1 saturated heterocycles. The average Bonchev–Trinajstić information content (AvgIpc) is 3.14. The highest BCUT2D eigenvalue weighted by Crippen LogP contribution is 2.26. The average molecular weight is 792 g/mol. The minimum absolute atomic E-state index is 0.259. The van der Waals surface area contributed by atoms with Crippen molar-refractivity contribution in [2.24, 2.45) is 0 Å². The summed E-state index contributed by atoms with van der Waals surface area (Å²) in [5.41, 5.74) is 0. The summed E-state index contributed by atoms with van der Waals surface area (Å²) in [6.07, 6.45) is 26.6. The van der Waals surface area contributed by atoms with Crippen LogP contribution in [0.4, 0.5) is 0 Å². The van der Waals surface area contributed by atoms with Crippen molar-refractivity contribution in [1.82, 2.24) is 5.32 Å². The first-order valence-electron chi connectivity index (χ1n) is 21.2. The van der Waals surface area contributed by atoms with Crippen LogP contribution in [-0.2, 0) is 28.9 Å². The molecule has 7 unspecified atom stereocenters. The first kappa shape index (κ1) is 50.6. The Morgan fingerprint density at radius 3 is 1.67 bits per heavy atom. The zero-order chi connectivity index (χ0) is 39.9. The van der Waals surface area contributed by atoms with Crippen molar-refractivity contribution in [3.63, 3.8) is 0 Å². The summed E-state index contributed by atoms with van der Waals surface area (Å²) in [7, 11) is -5.08. The second-order valence-electron chi connectivity index (χ2n) is 14.9.